The van der Waals surface area contributed by atoms with E-state index in [0.29, 0.717) is 13.2 Å². The van der Waals surface area contributed by atoms with Crippen LogP contribution in [0.3, 0.4) is 0 Å². The minimum absolute atomic E-state index is 0.582. The van der Waals surface area contributed by atoms with Crippen LogP contribution >= 0.6 is 11.6 Å². The molecule has 3 nitrogen and oxygen atoms in total. The molecular formula is C14H23ClN2O. The van der Waals surface area contributed by atoms with Crippen LogP contribution in [0.5, 0.6) is 0 Å². The van der Waals surface area contributed by atoms with Gasteiger partial charge in [-0.2, -0.15) is 0 Å². The second kappa shape index (κ2) is 9.34. The van der Waals surface area contributed by atoms with Gasteiger partial charge in [-0.15, -0.1) is 0 Å². The Hall–Kier alpha value is -0.610. The molecule has 0 aromatic heterocycles. The molecule has 1 rings (SSSR count). The van der Waals surface area contributed by atoms with Crippen molar-refractivity contribution in [2.24, 2.45) is 0 Å². The van der Waals surface area contributed by atoms with Gasteiger partial charge in [-0.25, -0.2) is 0 Å². The molecule has 0 saturated heterocycles. The number of nitrogens with zero attached hydrogens (tertiary/aromatic N) is 1. The minimum atomic E-state index is 0.582. The molecule has 0 atom stereocenters. The highest BCUT2D eigenvalue weighted by Crippen LogP contribution is 2.15. The molecule has 0 aliphatic carbocycles. The number of halogens is 1. The minimum Gasteiger partial charge on any atom is -0.375 e. The van der Waals surface area contributed by atoms with E-state index in [2.05, 4.69) is 24.3 Å². The maximum Gasteiger partial charge on any atom is 0.0731 e. The molecule has 0 saturated carbocycles. The second-order valence-corrected chi connectivity index (χ2v) is 4.96. The highest BCUT2D eigenvalue weighted by molar-refractivity contribution is 6.31. The number of hydrogen-bond donors (Lipinski definition) is 1. The van der Waals surface area contributed by atoms with Crippen LogP contribution in [0.15, 0.2) is 24.3 Å². The van der Waals surface area contributed by atoms with Crippen LogP contribution < -0.4 is 5.32 Å². The molecule has 1 aromatic carbocycles. The first-order chi connectivity index (χ1) is 8.70. The molecule has 102 valence electrons. The Morgan fingerprint density at radius 3 is 2.72 bits per heavy atom. The van der Waals surface area contributed by atoms with Crippen molar-refractivity contribution in [3.8, 4) is 0 Å². The van der Waals surface area contributed by atoms with Crippen molar-refractivity contribution in [1.82, 2.24) is 10.2 Å². The Kier molecular flexibility index (Phi) is 8.01. The van der Waals surface area contributed by atoms with Crippen LogP contribution in [0.4, 0.5) is 0 Å². The van der Waals surface area contributed by atoms with E-state index in [1.54, 1.807) is 0 Å². The first-order valence-electron chi connectivity index (χ1n) is 6.36. The van der Waals surface area contributed by atoms with Crippen molar-refractivity contribution in [3.63, 3.8) is 0 Å². The van der Waals surface area contributed by atoms with E-state index in [1.165, 1.54) is 0 Å². The topological polar surface area (TPSA) is 24.5 Å². The van der Waals surface area contributed by atoms with Crippen LogP contribution in [-0.4, -0.2) is 45.2 Å². The first-order valence-corrected chi connectivity index (χ1v) is 6.74. The summed E-state index contributed by atoms with van der Waals surface area (Å²) in [5, 5.41) is 4.13. The molecule has 1 N–H and O–H groups in total. The molecule has 0 fully saturated rings. The van der Waals surface area contributed by atoms with Gasteiger partial charge in [-0.05, 0) is 45.2 Å². The van der Waals surface area contributed by atoms with Gasteiger partial charge in [0.1, 0.15) is 0 Å². The number of ether oxygens (including phenoxy) is 1. The molecule has 0 heterocycles. The van der Waals surface area contributed by atoms with E-state index in [9.17, 15) is 0 Å². The lowest BCUT2D eigenvalue weighted by atomic mass is 10.2. The summed E-state index contributed by atoms with van der Waals surface area (Å²) in [7, 11) is 4.18. The fraction of sp³-hybridized carbons (Fsp3) is 0.571. The van der Waals surface area contributed by atoms with E-state index in [4.69, 9.17) is 16.3 Å². The van der Waals surface area contributed by atoms with Crippen LogP contribution in [-0.2, 0) is 11.3 Å². The number of benzene rings is 1. The first kappa shape index (κ1) is 15.4. The summed E-state index contributed by atoms with van der Waals surface area (Å²) in [6.07, 6.45) is 1.16. The van der Waals surface area contributed by atoms with Gasteiger partial charge in [0, 0.05) is 11.6 Å². The summed E-state index contributed by atoms with van der Waals surface area (Å²) in [5.41, 5.74) is 1.05. The van der Waals surface area contributed by atoms with E-state index < -0.39 is 0 Å². The highest BCUT2D eigenvalue weighted by Gasteiger charge is 1.98. The normalized spacial score (nSPS) is 11.1. The van der Waals surface area contributed by atoms with Crippen LogP contribution in [0.25, 0.3) is 0 Å². The fourth-order valence-corrected chi connectivity index (χ4v) is 1.78. The Morgan fingerprint density at radius 1 is 1.22 bits per heavy atom. The third kappa shape index (κ3) is 6.97. The molecule has 4 heteroatoms. The van der Waals surface area contributed by atoms with E-state index in [1.807, 2.05) is 24.3 Å². The average Bonchev–Trinajstić information content (AvgIpc) is 2.34. The highest BCUT2D eigenvalue weighted by atomic mass is 35.5. The average molecular weight is 271 g/mol. The summed E-state index contributed by atoms with van der Waals surface area (Å²) >= 11 is 6.03. The third-order valence-corrected chi connectivity index (χ3v) is 2.97. The van der Waals surface area contributed by atoms with Crippen molar-refractivity contribution in [2.45, 2.75) is 13.0 Å². The third-order valence-electron chi connectivity index (χ3n) is 2.60. The van der Waals surface area contributed by atoms with Gasteiger partial charge in [0.05, 0.1) is 13.2 Å². The molecule has 1 aromatic rings. The van der Waals surface area contributed by atoms with Crippen LogP contribution in [0.2, 0.25) is 5.02 Å². The molecule has 0 amide bonds. The van der Waals surface area contributed by atoms with Gasteiger partial charge in [0.15, 0.2) is 0 Å². The Balaban J connectivity index is 1.98. The predicted molar refractivity (Wildman–Crippen MR) is 77.1 cm³/mol. The second-order valence-electron chi connectivity index (χ2n) is 4.55. The van der Waals surface area contributed by atoms with Gasteiger partial charge < -0.3 is 15.0 Å². The molecule has 0 spiro atoms. The van der Waals surface area contributed by atoms with Gasteiger partial charge in [0.25, 0.3) is 0 Å². The van der Waals surface area contributed by atoms with Gasteiger partial charge in [-0.1, -0.05) is 29.8 Å². The summed E-state index contributed by atoms with van der Waals surface area (Å²) in [4.78, 5) is 2.19. The molecule has 0 aliphatic heterocycles. The van der Waals surface area contributed by atoms with E-state index in [-0.39, 0.29) is 0 Å². The van der Waals surface area contributed by atoms with Crippen molar-refractivity contribution < 1.29 is 4.74 Å². The van der Waals surface area contributed by atoms with Crippen LogP contribution in [0, 0.1) is 0 Å². The SMILES string of the molecule is CN(C)CCCNCCOCc1ccccc1Cl. The summed E-state index contributed by atoms with van der Waals surface area (Å²) in [6, 6.07) is 7.79. The smallest absolute Gasteiger partial charge is 0.0731 e. The standard InChI is InChI=1S/C14H23ClN2O/c1-17(2)10-5-8-16-9-11-18-12-13-6-3-4-7-14(13)15/h3-4,6-7,16H,5,8-12H2,1-2H3. The van der Waals surface area contributed by atoms with Crippen molar-refractivity contribution in [2.75, 3.05) is 40.3 Å². The van der Waals surface area contributed by atoms with Gasteiger partial charge in [0.2, 0.25) is 0 Å². The Labute approximate surface area is 115 Å². The molecule has 0 radical (unpaired) electrons. The van der Waals surface area contributed by atoms with Gasteiger partial charge >= 0.3 is 0 Å². The van der Waals surface area contributed by atoms with Crippen molar-refractivity contribution >= 4 is 11.6 Å². The number of rotatable bonds is 9. The fourth-order valence-electron chi connectivity index (χ4n) is 1.59. The monoisotopic (exact) mass is 270 g/mol. The summed E-state index contributed by atoms with van der Waals surface area (Å²) in [6.45, 7) is 4.34. The Morgan fingerprint density at radius 2 is 2.00 bits per heavy atom. The van der Waals surface area contributed by atoms with Gasteiger partial charge in [-0.3, -0.25) is 0 Å². The quantitative estimate of drug-likeness (QED) is 0.698. The number of hydrogen-bond acceptors (Lipinski definition) is 3. The summed E-state index contributed by atoms with van der Waals surface area (Å²) in [5.74, 6) is 0. The number of nitrogens with one attached hydrogen (secondary N) is 1. The van der Waals surface area contributed by atoms with Crippen LogP contribution in [0.1, 0.15) is 12.0 Å². The van der Waals surface area contributed by atoms with Crippen molar-refractivity contribution in [1.29, 1.82) is 0 Å². The molecule has 0 bridgehead atoms. The lowest BCUT2D eigenvalue weighted by molar-refractivity contribution is 0.122. The largest absolute Gasteiger partial charge is 0.375 e. The van der Waals surface area contributed by atoms with E-state index >= 15 is 0 Å². The zero-order valence-corrected chi connectivity index (χ0v) is 12.0. The van der Waals surface area contributed by atoms with Crippen molar-refractivity contribution in [3.05, 3.63) is 34.9 Å². The molecule has 0 unspecified atom stereocenters. The molecule has 0 aliphatic rings. The maximum atomic E-state index is 6.03. The zero-order valence-electron chi connectivity index (χ0n) is 11.3. The Bertz CT molecular complexity index is 331. The lowest BCUT2D eigenvalue weighted by Gasteiger charge is -2.10. The molecular weight excluding hydrogens is 248 g/mol. The summed E-state index contributed by atoms with van der Waals surface area (Å²) < 4.78 is 5.57. The predicted octanol–water partition coefficient (Wildman–Crippen LogP) is 2.40. The van der Waals surface area contributed by atoms with E-state index in [0.717, 1.165) is 36.6 Å². The maximum absolute atomic E-state index is 6.03. The molecule has 18 heavy (non-hydrogen) atoms. The lowest BCUT2D eigenvalue weighted by Crippen LogP contribution is -2.24. The zero-order chi connectivity index (χ0) is 13.2.